The number of rotatable bonds is 12. The van der Waals surface area contributed by atoms with Crippen LogP contribution in [0, 0.1) is 0 Å². The third-order valence-electron chi connectivity index (χ3n) is 6.23. The number of ether oxygens (including phenoxy) is 5. The Morgan fingerprint density at radius 2 is 1.38 bits per heavy atom. The maximum atomic E-state index is 13.7. The summed E-state index contributed by atoms with van der Waals surface area (Å²) in [6, 6.07) is 8.46. The Labute approximate surface area is 310 Å². The predicted octanol–water partition coefficient (Wildman–Crippen LogP) is 5.75. The highest BCUT2D eigenvalue weighted by molar-refractivity contribution is 7.87. The van der Waals surface area contributed by atoms with Gasteiger partial charge in [-0.3, -0.25) is 14.9 Å². The largest absolute Gasteiger partial charge is 0.496 e. The Morgan fingerprint density at radius 1 is 0.811 bits per heavy atom. The van der Waals surface area contributed by atoms with E-state index in [4.69, 9.17) is 23.7 Å². The number of hydrogen-bond donors (Lipinski definition) is 2. The van der Waals surface area contributed by atoms with E-state index in [0.717, 1.165) is 0 Å². The lowest BCUT2D eigenvalue weighted by Crippen LogP contribution is -2.52. The minimum absolute atomic E-state index is 0.0337. The first-order chi connectivity index (χ1) is 24.2. The van der Waals surface area contributed by atoms with E-state index >= 15 is 0 Å². The molecule has 53 heavy (non-hydrogen) atoms. The van der Waals surface area contributed by atoms with E-state index in [1.54, 1.807) is 60.6 Å². The van der Waals surface area contributed by atoms with Crippen molar-refractivity contribution < 1.29 is 56.1 Å². The Balaban J connectivity index is 2.33. The van der Waals surface area contributed by atoms with Crippen molar-refractivity contribution in [2.75, 3.05) is 7.11 Å². The number of ketones is 1. The molecule has 0 aromatic heterocycles. The molecule has 0 saturated heterocycles. The first-order valence-electron chi connectivity index (χ1n) is 16.5. The molecule has 2 rings (SSSR count). The van der Waals surface area contributed by atoms with Crippen molar-refractivity contribution in [3.63, 3.8) is 0 Å². The molecule has 0 fully saturated rings. The zero-order valence-electron chi connectivity index (χ0n) is 32.2. The van der Waals surface area contributed by atoms with Crippen LogP contribution in [0.25, 0.3) is 0 Å². The summed E-state index contributed by atoms with van der Waals surface area (Å²) in [6.45, 7) is 16.7. The molecule has 1 atom stereocenters. The maximum Gasteiger partial charge on any atom is 0.425 e. The van der Waals surface area contributed by atoms with Crippen LogP contribution in [0.5, 0.6) is 11.5 Å². The van der Waals surface area contributed by atoms with Crippen LogP contribution in [-0.4, -0.2) is 78.4 Å². The molecule has 0 spiro atoms. The van der Waals surface area contributed by atoms with Gasteiger partial charge < -0.3 is 23.7 Å². The fourth-order valence-corrected chi connectivity index (χ4v) is 5.43. The summed E-state index contributed by atoms with van der Waals surface area (Å²) in [5.74, 6) is -1.91. The molecule has 0 unspecified atom stereocenters. The minimum Gasteiger partial charge on any atom is -0.496 e. The number of amides is 2. The molecular weight excluding hydrogens is 712 g/mol. The van der Waals surface area contributed by atoms with Crippen LogP contribution in [0.4, 0.5) is 15.3 Å². The summed E-state index contributed by atoms with van der Waals surface area (Å²) in [5.41, 5.74) is -2.03. The standard InChI is InChI=1S/C36H50N4O12S/c1-22(41)19-28(31(43)50-34(3,4)5)39-53(46,47)40(33(45)52-36(9,10)11)21-25-15-18-27(20-29(25)48-12)49-30(42)24-13-16-26(17-14-24)37-23(2)38-32(44)51-35(6,7)8/h13-18,20,28,39H,19,21H2,1-12H3,(H,37,38,44)/t28-/m0/s1. The smallest absolute Gasteiger partial charge is 0.425 e. The first kappa shape index (κ1) is 44.1. The molecule has 0 aliphatic heterocycles. The lowest BCUT2D eigenvalue weighted by atomic mass is 10.1. The van der Waals surface area contributed by atoms with E-state index < -0.39 is 75.9 Å². The van der Waals surface area contributed by atoms with Crippen LogP contribution < -0.4 is 19.5 Å². The second kappa shape index (κ2) is 17.7. The minimum atomic E-state index is -4.87. The summed E-state index contributed by atoms with van der Waals surface area (Å²) in [4.78, 5) is 67.4. The van der Waals surface area contributed by atoms with Gasteiger partial charge in [-0.25, -0.2) is 19.4 Å². The van der Waals surface area contributed by atoms with Crippen molar-refractivity contribution >= 4 is 51.6 Å². The van der Waals surface area contributed by atoms with Crippen LogP contribution in [0.3, 0.4) is 0 Å². The molecule has 0 heterocycles. The molecule has 2 amide bonds. The van der Waals surface area contributed by atoms with Gasteiger partial charge in [0.25, 0.3) is 0 Å². The number of methoxy groups -OCH3 is 1. The zero-order valence-corrected chi connectivity index (χ0v) is 33.1. The number of carbonyl (C=O) groups excluding carboxylic acids is 5. The number of amidine groups is 1. The number of carbonyl (C=O) groups is 5. The van der Waals surface area contributed by atoms with Gasteiger partial charge in [-0.15, -0.1) is 0 Å². The number of alkyl carbamates (subject to hydrolysis) is 1. The molecule has 292 valence electrons. The van der Waals surface area contributed by atoms with Crippen LogP contribution in [0.1, 0.15) is 98.5 Å². The highest BCUT2D eigenvalue weighted by atomic mass is 32.2. The van der Waals surface area contributed by atoms with E-state index in [-0.39, 0.29) is 28.5 Å². The maximum absolute atomic E-state index is 13.7. The number of hydrogen-bond acceptors (Lipinski definition) is 13. The number of aliphatic imine (C=N–C) groups is 1. The van der Waals surface area contributed by atoms with E-state index in [1.807, 2.05) is 0 Å². The SMILES string of the molecule is COc1cc(OC(=O)c2ccc(N=C(C)NC(=O)OC(C)(C)C)cc2)ccc1CN(C(=O)OC(C)(C)C)S(=O)(=O)N[C@@H](CC(C)=O)C(=O)OC(C)(C)C. The first-order valence-corrected chi connectivity index (χ1v) is 17.9. The second-order valence-corrected chi connectivity index (χ2v) is 16.5. The van der Waals surface area contributed by atoms with Crippen molar-refractivity contribution in [1.29, 1.82) is 0 Å². The van der Waals surface area contributed by atoms with Gasteiger partial charge in [-0.1, -0.05) is 0 Å². The van der Waals surface area contributed by atoms with E-state index in [1.165, 1.54) is 65.1 Å². The monoisotopic (exact) mass is 762 g/mol. The van der Waals surface area contributed by atoms with E-state index in [9.17, 15) is 32.4 Å². The molecule has 0 radical (unpaired) electrons. The highest BCUT2D eigenvalue weighted by Crippen LogP contribution is 2.28. The van der Waals surface area contributed by atoms with Gasteiger partial charge in [-0.2, -0.15) is 17.4 Å². The number of nitrogens with one attached hydrogen (secondary N) is 2. The molecule has 2 N–H and O–H groups in total. The molecule has 0 aliphatic rings. The van der Waals surface area contributed by atoms with Gasteiger partial charge in [0.2, 0.25) is 0 Å². The third-order valence-corrected chi connectivity index (χ3v) is 7.67. The average molecular weight is 763 g/mol. The number of nitrogens with zero attached hydrogens (tertiary/aromatic N) is 2. The van der Waals surface area contributed by atoms with Gasteiger partial charge in [0, 0.05) is 18.1 Å². The average Bonchev–Trinajstić information content (AvgIpc) is 2.96. The molecule has 16 nitrogen and oxygen atoms in total. The number of esters is 2. The van der Waals surface area contributed by atoms with Crippen molar-refractivity contribution in [2.45, 2.75) is 112 Å². The second-order valence-electron chi connectivity index (χ2n) is 14.8. The number of Topliss-reactive ketones (excluding diaryl/α,β-unsaturated/α-hetero) is 1. The summed E-state index contributed by atoms with van der Waals surface area (Å²) < 4.78 is 56.8. The van der Waals surface area contributed by atoms with Crippen molar-refractivity contribution in [2.24, 2.45) is 4.99 Å². The molecule has 17 heteroatoms. The number of benzene rings is 2. The lowest BCUT2D eigenvalue weighted by Gasteiger charge is -2.29. The molecule has 0 aliphatic carbocycles. The quantitative estimate of drug-likeness (QED) is 0.0872. The molecule has 0 saturated carbocycles. The Bertz CT molecular complexity index is 1800. The molecule has 0 bridgehead atoms. The van der Waals surface area contributed by atoms with Gasteiger partial charge in [0.1, 0.15) is 46.0 Å². The van der Waals surface area contributed by atoms with E-state index in [2.05, 4.69) is 15.0 Å². The summed E-state index contributed by atoms with van der Waals surface area (Å²) in [6.07, 6.45) is -2.48. The van der Waals surface area contributed by atoms with Gasteiger partial charge in [-0.05, 0) is 113 Å². The lowest BCUT2D eigenvalue weighted by molar-refractivity contribution is -0.157. The van der Waals surface area contributed by atoms with Crippen LogP contribution in [0.15, 0.2) is 47.5 Å². The van der Waals surface area contributed by atoms with Crippen molar-refractivity contribution in [3.8, 4) is 11.5 Å². The normalized spacial score (nSPS) is 12.9. The third kappa shape index (κ3) is 15.6. The molecule has 2 aromatic rings. The highest BCUT2D eigenvalue weighted by Gasteiger charge is 2.37. The Morgan fingerprint density at radius 3 is 1.89 bits per heavy atom. The van der Waals surface area contributed by atoms with Gasteiger partial charge in [0.05, 0.1) is 24.9 Å². The van der Waals surface area contributed by atoms with Gasteiger partial charge in [0.15, 0.2) is 0 Å². The summed E-state index contributed by atoms with van der Waals surface area (Å²) in [5, 5.41) is 2.52. The zero-order chi connectivity index (χ0) is 40.5. The van der Waals surface area contributed by atoms with Crippen LogP contribution in [-0.2, 0) is 40.6 Å². The van der Waals surface area contributed by atoms with E-state index in [0.29, 0.717) is 9.99 Å². The Hall–Kier alpha value is -5.03. The van der Waals surface area contributed by atoms with Crippen LogP contribution in [0.2, 0.25) is 0 Å². The Kier molecular flexibility index (Phi) is 14.7. The van der Waals surface area contributed by atoms with Gasteiger partial charge >= 0.3 is 34.3 Å². The molecule has 2 aromatic carbocycles. The predicted molar refractivity (Wildman–Crippen MR) is 195 cm³/mol. The fourth-order valence-electron chi connectivity index (χ4n) is 4.22. The topological polar surface area (TPSA) is 205 Å². The van der Waals surface area contributed by atoms with Crippen molar-refractivity contribution in [3.05, 3.63) is 53.6 Å². The fraction of sp³-hybridized carbons (Fsp3) is 0.500. The summed E-state index contributed by atoms with van der Waals surface area (Å²) in [7, 11) is -3.58. The van der Waals surface area contributed by atoms with Crippen LogP contribution >= 0.6 is 0 Å². The molecular formula is C36H50N4O12S. The summed E-state index contributed by atoms with van der Waals surface area (Å²) >= 11 is 0. The van der Waals surface area contributed by atoms with Crippen molar-refractivity contribution in [1.82, 2.24) is 14.3 Å².